The van der Waals surface area contributed by atoms with Crippen LogP contribution in [-0.2, 0) is 11.3 Å². The molecule has 1 aromatic carbocycles. The van der Waals surface area contributed by atoms with Crippen LogP contribution in [0.15, 0.2) is 12.1 Å². The molecule has 2 rings (SSSR count). The lowest BCUT2D eigenvalue weighted by atomic mass is 9.95. The third-order valence-electron chi connectivity index (χ3n) is 4.45. The molecule has 0 bridgehead atoms. The summed E-state index contributed by atoms with van der Waals surface area (Å²) < 4.78 is 5.35. The van der Waals surface area contributed by atoms with Crippen LogP contribution in [0.5, 0.6) is 5.75 Å². The summed E-state index contributed by atoms with van der Waals surface area (Å²) >= 11 is 0. The molecule has 0 aromatic heterocycles. The standard InChI is InChI=1S/C16H24N2O2/c1-11-12(2)15(20-3)5-4-14(11)10-18-8-6-13(7-9-18)16(17)19/h4-5,13H,6-10H2,1-3H3,(H2,17,19). The summed E-state index contributed by atoms with van der Waals surface area (Å²) in [4.78, 5) is 13.6. The number of carbonyl (C=O) groups is 1. The zero-order valence-electron chi connectivity index (χ0n) is 12.6. The fourth-order valence-electron chi connectivity index (χ4n) is 2.86. The van der Waals surface area contributed by atoms with E-state index < -0.39 is 0 Å². The molecule has 0 spiro atoms. The van der Waals surface area contributed by atoms with Crippen LogP contribution in [0.3, 0.4) is 0 Å². The van der Waals surface area contributed by atoms with Gasteiger partial charge in [0.05, 0.1) is 7.11 Å². The second-order valence-electron chi connectivity index (χ2n) is 5.63. The van der Waals surface area contributed by atoms with Crippen LogP contribution in [0, 0.1) is 19.8 Å². The van der Waals surface area contributed by atoms with Gasteiger partial charge in [-0.3, -0.25) is 9.69 Å². The topological polar surface area (TPSA) is 55.6 Å². The monoisotopic (exact) mass is 276 g/mol. The molecule has 20 heavy (non-hydrogen) atoms. The summed E-state index contributed by atoms with van der Waals surface area (Å²) in [5.74, 6) is 0.852. The van der Waals surface area contributed by atoms with Crippen LogP contribution in [0.25, 0.3) is 0 Å². The fraction of sp³-hybridized carbons (Fsp3) is 0.562. The van der Waals surface area contributed by atoms with Gasteiger partial charge in [-0.25, -0.2) is 0 Å². The normalized spacial score (nSPS) is 17.1. The molecule has 1 aliphatic heterocycles. The van der Waals surface area contributed by atoms with Gasteiger partial charge in [-0.15, -0.1) is 0 Å². The molecule has 1 heterocycles. The quantitative estimate of drug-likeness (QED) is 0.915. The lowest BCUT2D eigenvalue weighted by molar-refractivity contribution is -0.123. The highest BCUT2D eigenvalue weighted by molar-refractivity contribution is 5.76. The minimum atomic E-state index is -0.152. The van der Waals surface area contributed by atoms with Gasteiger partial charge in [-0.05, 0) is 62.5 Å². The van der Waals surface area contributed by atoms with Crippen molar-refractivity contribution >= 4 is 5.91 Å². The van der Waals surface area contributed by atoms with Gasteiger partial charge in [-0.2, -0.15) is 0 Å². The number of nitrogens with zero attached hydrogens (tertiary/aromatic N) is 1. The number of likely N-dealkylation sites (tertiary alicyclic amines) is 1. The van der Waals surface area contributed by atoms with Crippen molar-refractivity contribution < 1.29 is 9.53 Å². The lowest BCUT2D eigenvalue weighted by Crippen LogP contribution is -2.38. The average molecular weight is 276 g/mol. The molecule has 0 radical (unpaired) electrons. The summed E-state index contributed by atoms with van der Waals surface area (Å²) in [5, 5.41) is 0. The smallest absolute Gasteiger partial charge is 0.220 e. The first-order valence-corrected chi connectivity index (χ1v) is 7.17. The van der Waals surface area contributed by atoms with Crippen molar-refractivity contribution in [1.29, 1.82) is 0 Å². The van der Waals surface area contributed by atoms with Crippen LogP contribution in [-0.4, -0.2) is 31.0 Å². The van der Waals surface area contributed by atoms with Gasteiger partial charge >= 0.3 is 0 Å². The average Bonchev–Trinajstić information content (AvgIpc) is 2.45. The molecule has 4 nitrogen and oxygen atoms in total. The van der Waals surface area contributed by atoms with Crippen LogP contribution < -0.4 is 10.5 Å². The van der Waals surface area contributed by atoms with Crippen molar-refractivity contribution in [2.75, 3.05) is 20.2 Å². The summed E-state index contributed by atoms with van der Waals surface area (Å²) in [5.41, 5.74) is 9.20. The van der Waals surface area contributed by atoms with E-state index in [4.69, 9.17) is 10.5 Å². The molecule has 1 aromatic rings. The Morgan fingerprint density at radius 3 is 2.50 bits per heavy atom. The second kappa shape index (κ2) is 6.27. The first-order valence-electron chi connectivity index (χ1n) is 7.17. The van der Waals surface area contributed by atoms with E-state index in [0.717, 1.165) is 38.2 Å². The maximum atomic E-state index is 11.2. The highest BCUT2D eigenvalue weighted by Gasteiger charge is 2.23. The third-order valence-corrected chi connectivity index (χ3v) is 4.45. The van der Waals surface area contributed by atoms with Crippen LogP contribution in [0.4, 0.5) is 0 Å². The van der Waals surface area contributed by atoms with Crippen molar-refractivity contribution in [2.24, 2.45) is 11.7 Å². The number of carbonyl (C=O) groups excluding carboxylic acids is 1. The Balaban J connectivity index is 2.01. The summed E-state index contributed by atoms with van der Waals surface area (Å²) in [7, 11) is 1.70. The minimum absolute atomic E-state index is 0.0601. The summed E-state index contributed by atoms with van der Waals surface area (Å²) in [6, 6.07) is 4.18. The number of primary amides is 1. The molecule has 0 unspecified atom stereocenters. The predicted molar refractivity (Wildman–Crippen MR) is 79.7 cm³/mol. The van der Waals surface area contributed by atoms with Gasteiger partial charge < -0.3 is 10.5 Å². The number of hydrogen-bond acceptors (Lipinski definition) is 3. The van der Waals surface area contributed by atoms with E-state index in [-0.39, 0.29) is 11.8 Å². The molecule has 1 saturated heterocycles. The van der Waals surface area contributed by atoms with E-state index in [2.05, 4.69) is 24.8 Å². The Kier molecular flexibility index (Phi) is 4.65. The second-order valence-corrected chi connectivity index (χ2v) is 5.63. The van der Waals surface area contributed by atoms with Gasteiger partial charge in [0.15, 0.2) is 0 Å². The predicted octanol–water partition coefficient (Wildman–Crippen LogP) is 2.01. The highest BCUT2D eigenvalue weighted by atomic mass is 16.5. The fourth-order valence-corrected chi connectivity index (χ4v) is 2.86. The number of rotatable bonds is 4. The lowest BCUT2D eigenvalue weighted by Gasteiger charge is -2.31. The van der Waals surface area contributed by atoms with Gasteiger partial charge in [-0.1, -0.05) is 6.07 Å². The first-order chi connectivity index (χ1) is 9.52. The molecule has 110 valence electrons. The Morgan fingerprint density at radius 1 is 1.30 bits per heavy atom. The SMILES string of the molecule is COc1ccc(CN2CCC(C(N)=O)CC2)c(C)c1C. The Labute approximate surface area is 120 Å². The molecule has 4 heteroatoms. The molecule has 1 aliphatic rings. The van der Waals surface area contributed by atoms with Crippen molar-refractivity contribution in [3.8, 4) is 5.75 Å². The Morgan fingerprint density at radius 2 is 1.95 bits per heavy atom. The van der Waals surface area contributed by atoms with E-state index in [1.165, 1.54) is 16.7 Å². The minimum Gasteiger partial charge on any atom is -0.496 e. The van der Waals surface area contributed by atoms with Crippen LogP contribution in [0.2, 0.25) is 0 Å². The molecule has 0 saturated carbocycles. The Bertz CT molecular complexity index is 491. The molecular formula is C16H24N2O2. The van der Waals surface area contributed by atoms with Gasteiger partial charge in [0, 0.05) is 12.5 Å². The maximum absolute atomic E-state index is 11.2. The number of piperidine rings is 1. The Hall–Kier alpha value is -1.55. The largest absolute Gasteiger partial charge is 0.496 e. The van der Waals surface area contributed by atoms with E-state index in [0.29, 0.717) is 0 Å². The molecule has 2 N–H and O–H groups in total. The van der Waals surface area contributed by atoms with E-state index in [1.54, 1.807) is 7.11 Å². The molecule has 1 amide bonds. The number of methoxy groups -OCH3 is 1. The van der Waals surface area contributed by atoms with E-state index >= 15 is 0 Å². The maximum Gasteiger partial charge on any atom is 0.220 e. The third kappa shape index (κ3) is 3.12. The van der Waals surface area contributed by atoms with Crippen LogP contribution >= 0.6 is 0 Å². The molecular weight excluding hydrogens is 252 g/mol. The molecule has 0 atom stereocenters. The van der Waals surface area contributed by atoms with Gasteiger partial charge in [0.1, 0.15) is 5.75 Å². The van der Waals surface area contributed by atoms with Crippen LogP contribution in [0.1, 0.15) is 29.5 Å². The van der Waals surface area contributed by atoms with E-state index in [1.807, 2.05) is 6.07 Å². The summed E-state index contributed by atoms with van der Waals surface area (Å²) in [6.45, 7) is 7.05. The van der Waals surface area contributed by atoms with Gasteiger partial charge in [0.25, 0.3) is 0 Å². The van der Waals surface area contributed by atoms with Gasteiger partial charge in [0.2, 0.25) is 5.91 Å². The molecule has 0 aliphatic carbocycles. The molecule has 1 fully saturated rings. The van der Waals surface area contributed by atoms with Crippen molar-refractivity contribution in [3.05, 3.63) is 28.8 Å². The van der Waals surface area contributed by atoms with Crippen molar-refractivity contribution in [1.82, 2.24) is 4.90 Å². The number of nitrogens with two attached hydrogens (primary N) is 1. The number of ether oxygens (including phenoxy) is 1. The zero-order valence-corrected chi connectivity index (χ0v) is 12.6. The number of benzene rings is 1. The number of amides is 1. The first kappa shape index (κ1) is 14.9. The summed E-state index contributed by atoms with van der Waals surface area (Å²) in [6.07, 6.45) is 1.76. The zero-order chi connectivity index (χ0) is 14.7. The highest BCUT2D eigenvalue weighted by Crippen LogP contribution is 2.26. The van der Waals surface area contributed by atoms with Crippen molar-refractivity contribution in [2.45, 2.75) is 33.2 Å². The number of hydrogen-bond donors (Lipinski definition) is 1. The van der Waals surface area contributed by atoms with Crippen molar-refractivity contribution in [3.63, 3.8) is 0 Å². The van der Waals surface area contributed by atoms with E-state index in [9.17, 15) is 4.79 Å².